The topological polar surface area (TPSA) is 90.8 Å². The molecule has 4 N–H and O–H groups in total. The summed E-state index contributed by atoms with van der Waals surface area (Å²) in [6.45, 7) is 3.93. The first-order valence-electron chi connectivity index (χ1n) is 8.82. The normalized spacial score (nSPS) is 17.5. The second-order valence-corrected chi connectivity index (χ2v) is 7.86. The Morgan fingerprint density at radius 3 is 2.79 bits per heavy atom. The molecule has 0 radical (unpaired) electrons. The molecule has 1 heterocycles. The molecule has 0 bridgehead atoms. The summed E-state index contributed by atoms with van der Waals surface area (Å²) in [5.41, 5.74) is 0.653. The molecule has 0 fully saturated rings. The predicted molar refractivity (Wildman–Crippen MR) is 104 cm³/mol. The summed E-state index contributed by atoms with van der Waals surface area (Å²) in [4.78, 5) is 12.2. The van der Waals surface area contributed by atoms with Crippen LogP contribution in [0.4, 0.5) is 10.1 Å². The van der Waals surface area contributed by atoms with Crippen molar-refractivity contribution >= 4 is 23.2 Å². The van der Waals surface area contributed by atoms with E-state index in [0.29, 0.717) is 22.9 Å². The zero-order valence-electron chi connectivity index (χ0n) is 15.5. The van der Waals surface area contributed by atoms with Crippen LogP contribution in [-0.4, -0.2) is 40.4 Å². The van der Waals surface area contributed by atoms with E-state index < -0.39 is 29.5 Å². The zero-order chi connectivity index (χ0) is 20.5. The maximum Gasteiger partial charge on any atom is 0.268 e. The van der Waals surface area contributed by atoms with Crippen LogP contribution in [0.5, 0.6) is 11.5 Å². The van der Waals surface area contributed by atoms with E-state index in [-0.39, 0.29) is 12.3 Å². The predicted octanol–water partition coefficient (Wildman–Crippen LogP) is 2.86. The molecule has 1 aliphatic heterocycles. The Labute approximate surface area is 167 Å². The van der Waals surface area contributed by atoms with Gasteiger partial charge in [-0.25, -0.2) is 4.39 Å². The van der Waals surface area contributed by atoms with E-state index in [1.54, 1.807) is 6.07 Å². The van der Waals surface area contributed by atoms with Gasteiger partial charge in [-0.2, -0.15) is 0 Å². The molecule has 2 atom stereocenters. The van der Waals surface area contributed by atoms with E-state index in [1.165, 1.54) is 30.3 Å². The van der Waals surface area contributed by atoms with Crippen LogP contribution in [0.1, 0.15) is 19.4 Å². The second-order valence-electron chi connectivity index (χ2n) is 7.45. The average Bonchev–Trinajstić information content (AvgIpc) is 2.61. The number of rotatable bonds is 6. The molecular weight excluding hydrogens is 387 g/mol. The van der Waals surface area contributed by atoms with E-state index in [1.807, 2.05) is 13.8 Å². The van der Waals surface area contributed by atoms with E-state index in [2.05, 4.69) is 10.6 Å². The Balaban J connectivity index is 1.62. The summed E-state index contributed by atoms with van der Waals surface area (Å²) in [7, 11) is 0. The SMILES string of the molecule is CC(C)(Cc1ccc(F)cc1Cl)NCC(O)C1Oc2ccc(O)cc2NC1=O. The van der Waals surface area contributed by atoms with Gasteiger partial charge in [-0.15, -0.1) is 0 Å². The molecule has 8 heteroatoms. The van der Waals surface area contributed by atoms with Crippen LogP contribution < -0.4 is 15.4 Å². The molecule has 0 aliphatic carbocycles. The number of nitrogens with one attached hydrogen (secondary N) is 2. The highest BCUT2D eigenvalue weighted by Crippen LogP contribution is 2.33. The number of carbonyl (C=O) groups is 1. The van der Waals surface area contributed by atoms with Gasteiger partial charge < -0.3 is 25.6 Å². The van der Waals surface area contributed by atoms with Gasteiger partial charge in [0.25, 0.3) is 5.91 Å². The molecule has 1 aliphatic rings. The largest absolute Gasteiger partial charge is 0.508 e. The molecule has 0 saturated carbocycles. The van der Waals surface area contributed by atoms with Gasteiger partial charge in [-0.1, -0.05) is 17.7 Å². The number of amides is 1. The van der Waals surface area contributed by atoms with Crippen LogP contribution in [0.2, 0.25) is 5.02 Å². The number of hydrogen-bond acceptors (Lipinski definition) is 5. The lowest BCUT2D eigenvalue weighted by Crippen LogP contribution is -2.53. The summed E-state index contributed by atoms with van der Waals surface area (Å²) in [5.74, 6) is -0.515. The summed E-state index contributed by atoms with van der Waals surface area (Å²) >= 11 is 6.09. The molecule has 0 aromatic heterocycles. The van der Waals surface area contributed by atoms with Gasteiger partial charge in [0.2, 0.25) is 6.10 Å². The Morgan fingerprint density at radius 2 is 2.07 bits per heavy atom. The number of aromatic hydroxyl groups is 1. The van der Waals surface area contributed by atoms with Gasteiger partial charge in [-0.05, 0) is 50.1 Å². The van der Waals surface area contributed by atoms with Crippen molar-refractivity contribution in [2.24, 2.45) is 0 Å². The molecule has 0 saturated heterocycles. The smallest absolute Gasteiger partial charge is 0.268 e. The van der Waals surface area contributed by atoms with Crippen molar-refractivity contribution in [3.63, 3.8) is 0 Å². The van der Waals surface area contributed by atoms with Gasteiger partial charge in [0, 0.05) is 23.2 Å². The van der Waals surface area contributed by atoms with E-state index in [9.17, 15) is 19.4 Å². The number of aliphatic hydroxyl groups excluding tert-OH is 1. The van der Waals surface area contributed by atoms with E-state index >= 15 is 0 Å². The fourth-order valence-electron chi connectivity index (χ4n) is 3.06. The Hall–Kier alpha value is -2.35. The number of anilines is 1. The zero-order valence-corrected chi connectivity index (χ0v) is 16.3. The number of ether oxygens (including phenoxy) is 1. The number of halogens is 2. The Bertz CT molecular complexity index is 891. The molecule has 28 heavy (non-hydrogen) atoms. The minimum Gasteiger partial charge on any atom is -0.508 e. The van der Waals surface area contributed by atoms with Crippen LogP contribution in [-0.2, 0) is 11.2 Å². The molecule has 3 rings (SSSR count). The van der Waals surface area contributed by atoms with Gasteiger partial charge in [0.05, 0.1) is 5.69 Å². The van der Waals surface area contributed by atoms with Gasteiger partial charge >= 0.3 is 0 Å². The van der Waals surface area contributed by atoms with Crippen LogP contribution >= 0.6 is 11.6 Å². The third kappa shape index (κ3) is 4.73. The van der Waals surface area contributed by atoms with Crippen molar-refractivity contribution in [2.45, 2.75) is 38.0 Å². The maximum atomic E-state index is 13.2. The first-order valence-corrected chi connectivity index (χ1v) is 9.20. The first-order chi connectivity index (χ1) is 13.1. The highest BCUT2D eigenvalue weighted by molar-refractivity contribution is 6.31. The maximum absolute atomic E-state index is 13.2. The standard InChI is InChI=1S/C20H22ClFN2O4/c1-20(2,9-11-3-4-12(22)7-14(11)21)23-10-16(26)18-19(27)24-15-8-13(25)5-6-17(15)28-18/h3-8,16,18,23,25-26H,9-10H2,1-2H3,(H,24,27). The minimum absolute atomic E-state index is 0.00418. The van der Waals surface area contributed by atoms with Crippen molar-refractivity contribution in [3.8, 4) is 11.5 Å². The average molecular weight is 409 g/mol. The van der Waals surface area contributed by atoms with Crippen molar-refractivity contribution in [2.75, 3.05) is 11.9 Å². The highest BCUT2D eigenvalue weighted by Gasteiger charge is 2.34. The van der Waals surface area contributed by atoms with Crippen molar-refractivity contribution in [3.05, 3.63) is 52.8 Å². The van der Waals surface area contributed by atoms with Crippen LogP contribution in [0.3, 0.4) is 0 Å². The number of aliphatic hydroxyl groups is 1. The van der Waals surface area contributed by atoms with Gasteiger partial charge in [-0.3, -0.25) is 4.79 Å². The van der Waals surface area contributed by atoms with Crippen molar-refractivity contribution in [1.82, 2.24) is 5.32 Å². The Kier molecular flexibility index (Phi) is 5.79. The number of fused-ring (bicyclic) bond motifs is 1. The molecule has 2 unspecified atom stereocenters. The van der Waals surface area contributed by atoms with Gasteiger partial charge in [0.15, 0.2) is 0 Å². The lowest BCUT2D eigenvalue weighted by molar-refractivity contribution is -0.128. The molecule has 6 nitrogen and oxygen atoms in total. The number of hydrogen-bond donors (Lipinski definition) is 4. The summed E-state index contributed by atoms with van der Waals surface area (Å²) < 4.78 is 18.8. The van der Waals surface area contributed by atoms with Crippen LogP contribution in [0.15, 0.2) is 36.4 Å². The molecule has 2 aromatic carbocycles. The third-order valence-corrected chi connectivity index (χ3v) is 4.87. The molecule has 150 valence electrons. The first kappa shape index (κ1) is 20.4. The number of β-amino-alcohol motifs (C(OH)–C–C–N with tert-alkyl or cyclic N) is 1. The third-order valence-electron chi connectivity index (χ3n) is 4.52. The fourth-order valence-corrected chi connectivity index (χ4v) is 3.29. The lowest BCUT2D eigenvalue weighted by atomic mass is 9.94. The summed E-state index contributed by atoms with van der Waals surface area (Å²) in [6.07, 6.45) is -1.70. The van der Waals surface area contributed by atoms with Gasteiger partial charge in [0.1, 0.15) is 23.4 Å². The summed E-state index contributed by atoms with van der Waals surface area (Å²) in [5, 5.41) is 26.1. The molecule has 2 aromatic rings. The molecular formula is C20H22ClFN2O4. The Morgan fingerprint density at radius 1 is 1.32 bits per heavy atom. The fraction of sp³-hybridized carbons (Fsp3) is 0.350. The summed E-state index contributed by atoms with van der Waals surface area (Å²) in [6, 6.07) is 8.58. The highest BCUT2D eigenvalue weighted by atomic mass is 35.5. The van der Waals surface area contributed by atoms with Crippen LogP contribution in [0, 0.1) is 5.82 Å². The number of phenols is 1. The number of carbonyl (C=O) groups excluding carboxylic acids is 1. The van der Waals surface area contributed by atoms with Crippen molar-refractivity contribution in [1.29, 1.82) is 0 Å². The quantitative estimate of drug-likeness (QED) is 0.590. The van der Waals surface area contributed by atoms with Crippen molar-refractivity contribution < 1.29 is 24.1 Å². The molecule has 0 spiro atoms. The van der Waals surface area contributed by atoms with Crippen LogP contribution in [0.25, 0.3) is 0 Å². The monoisotopic (exact) mass is 408 g/mol. The lowest BCUT2D eigenvalue weighted by Gasteiger charge is -2.32. The van der Waals surface area contributed by atoms with E-state index in [4.69, 9.17) is 16.3 Å². The molecule has 1 amide bonds. The second kappa shape index (κ2) is 7.95. The minimum atomic E-state index is -1.11. The number of phenolic OH excluding ortho intramolecular Hbond substituents is 1. The number of benzene rings is 2. The van der Waals surface area contributed by atoms with E-state index in [0.717, 1.165) is 5.56 Å².